The smallest absolute Gasteiger partial charge is 0.185 e. The van der Waals surface area contributed by atoms with E-state index in [0.29, 0.717) is 6.42 Å². The standard InChI is InChI=1S/C12H15N3OS/c16-11-2-1-10(9-11)14-4-6-15(7-5-14)12-13-3-8-17-12/h3,8-9H,1-2,4-7H2. The predicted octanol–water partition coefficient (Wildman–Crippen LogP) is 1.51. The van der Waals surface area contributed by atoms with Crippen molar-refractivity contribution in [1.82, 2.24) is 9.88 Å². The second-order valence-corrected chi connectivity index (χ2v) is 5.26. The molecule has 0 saturated carbocycles. The molecule has 0 atom stereocenters. The number of carbonyl (C=O) groups is 1. The number of nitrogens with zero attached hydrogens (tertiary/aromatic N) is 3. The summed E-state index contributed by atoms with van der Waals surface area (Å²) in [6, 6.07) is 0. The van der Waals surface area contributed by atoms with Crippen molar-refractivity contribution in [2.75, 3.05) is 31.1 Å². The Kier molecular flexibility index (Phi) is 2.84. The molecule has 4 nitrogen and oxygen atoms in total. The number of carbonyl (C=O) groups excluding carboxylic acids is 1. The zero-order chi connectivity index (χ0) is 11.7. The van der Waals surface area contributed by atoms with Gasteiger partial charge in [0.1, 0.15) is 0 Å². The van der Waals surface area contributed by atoms with E-state index in [0.717, 1.165) is 37.7 Å². The van der Waals surface area contributed by atoms with Crippen LogP contribution in [0, 0.1) is 0 Å². The maximum atomic E-state index is 11.2. The SMILES string of the molecule is O=C1C=C(N2CCN(c3nccs3)CC2)CC1. The Morgan fingerprint density at radius 1 is 1.12 bits per heavy atom. The summed E-state index contributed by atoms with van der Waals surface area (Å²) in [4.78, 5) is 20.2. The van der Waals surface area contributed by atoms with Gasteiger partial charge in [-0.25, -0.2) is 4.98 Å². The van der Waals surface area contributed by atoms with Gasteiger partial charge in [0.25, 0.3) is 0 Å². The van der Waals surface area contributed by atoms with Crippen molar-refractivity contribution >= 4 is 22.3 Å². The molecule has 2 heterocycles. The van der Waals surface area contributed by atoms with Gasteiger partial charge in [-0.1, -0.05) is 0 Å². The fraction of sp³-hybridized carbons (Fsp3) is 0.500. The van der Waals surface area contributed by atoms with E-state index < -0.39 is 0 Å². The third-order valence-corrected chi connectivity index (χ3v) is 4.16. The van der Waals surface area contributed by atoms with Gasteiger partial charge in [-0.05, 0) is 6.42 Å². The van der Waals surface area contributed by atoms with E-state index in [-0.39, 0.29) is 5.78 Å². The molecule has 0 spiro atoms. The van der Waals surface area contributed by atoms with Gasteiger partial charge in [-0.2, -0.15) is 0 Å². The van der Waals surface area contributed by atoms with Crippen LogP contribution in [0.2, 0.25) is 0 Å². The summed E-state index contributed by atoms with van der Waals surface area (Å²) in [5, 5.41) is 3.13. The molecule has 1 aliphatic heterocycles. The summed E-state index contributed by atoms with van der Waals surface area (Å²) < 4.78 is 0. The fourth-order valence-corrected chi connectivity index (χ4v) is 3.08. The molecule has 1 saturated heterocycles. The Hall–Kier alpha value is -1.36. The van der Waals surface area contributed by atoms with Crippen LogP contribution >= 0.6 is 11.3 Å². The molecule has 3 rings (SSSR count). The van der Waals surface area contributed by atoms with Crippen LogP contribution in [-0.4, -0.2) is 41.8 Å². The molecule has 5 heteroatoms. The van der Waals surface area contributed by atoms with E-state index in [4.69, 9.17) is 0 Å². The zero-order valence-electron chi connectivity index (χ0n) is 9.63. The average Bonchev–Trinajstić information content (AvgIpc) is 3.00. The van der Waals surface area contributed by atoms with Crippen molar-refractivity contribution in [3.05, 3.63) is 23.3 Å². The van der Waals surface area contributed by atoms with Crippen LogP contribution in [0.25, 0.3) is 0 Å². The lowest BCUT2D eigenvalue weighted by molar-refractivity contribution is -0.114. The molecule has 2 aliphatic rings. The number of thiazole rings is 1. The largest absolute Gasteiger partial charge is 0.371 e. The third-order valence-electron chi connectivity index (χ3n) is 3.33. The highest BCUT2D eigenvalue weighted by atomic mass is 32.1. The number of ketones is 1. The Morgan fingerprint density at radius 3 is 2.47 bits per heavy atom. The van der Waals surface area contributed by atoms with Gasteiger partial charge in [-0.3, -0.25) is 4.79 Å². The Labute approximate surface area is 105 Å². The molecule has 0 bridgehead atoms. The molecule has 1 fully saturated rings. The van der Waals surface area contributed by atoms with Crippen molar-refractivity contribution in [1.29, 1.82) is 0 Å². The minimum absolute atomic E-state index is 0.280. The summed E-state index contributed by atoms with van der Waals surface area (Å²) in [7, 11) is 0. The first-order valence-electron chi connectivity index (χ1n) is 5.96. The van der Waals surface area contributed by atoms with Crippen molar-refractivity contribution in [2.45, 2.75) is 12.8 Å². The lowest BCUT2D eigenvalue weighted by Crippen LogP contribution is -2.45. The van der Waals surface area contributed by atoms with E-state index in [1.165, 1.54) is 5.70 Å². The molecule has 1 aliphatic carbocycles. The van der Waals surface area contributed by atoms with Gasteiger partial charge in [0.2, 0.25) is 0 Å². The van der Waals surface area contributed by atoms with Gasteiger partial charge < -0.3 is 9.80 Å². The first-order valence-corrected chi connectivity index (χ1v) is 6.84. The Bertz CT molecular complexity index is 433. The molecule has 1 aromatic heterocycles. The molecule has 17 heavy (non-hydrogen) atoms. The Balaban J connectivity index is 1.61. The summed E-state index contributed by atoms with van der Waals surface area (Å²) in [5.74, 6) is 0.280. The van der Waals surface area contributed by atoms with Crippen LogP contribution in [0.4, 0.5) is 5.13 Å². The molecule has 0 unspecified atom stereocenters. The predicted molar refractivity (Wildman–Crippen MR) is 68.2 cm³/mol. The van der Waals surface area contributed by atoms with Crippen molar-refractivity contribution in [3.8, 4) is 0 Å². The van der Waals surface area contributed by atoms with E-state index in [1.807, 2.05) is 17.7 Å². The summed E-state index contributed by atoms with van der Waals surface area (Å²) in [6.45, 7) is 4.00. The lowest BCUT2D eigenvalue weighted by Gasteiger charge is -2.36. The molecule has 1 aromatic rings. The summed E-state index contributed by atoms with van der Waals surface area (Å²) in [6.07, 6.45) is 5.29. The monoisotopic (exact) mass is 249 g/mol. The summed E-state index contributed by atoms with van der Waals surface area (Å²) >= 11 is 1.69. The minimum atomic E-state index is 0.280. The number of hydrogen-bond acceptors (Lipinski definition) is 5. The van der Waals surface area contributed by atoms with Crippen molar-refractivity contribution < 1.29 is 4.79 Å². The van der Waals surface area contributed by atoms with Crippen molar-refractivity contribution in [2.24, 2.45) is 0 Å². The average molecular weight is 249 g/mol. The van der Waals surface area contributed by atoms with Crippen LogP contribution < -0.4 is 4.90 Å². The first-order chi connectivity index (χ1) is 8.33. The van der Waals surface area contributed by atoms with E-state index in [9.17, 15) is 4.79 Å². The normalized spacial score (nSPS) is 20.9. The zero-order valence-corrected chi connectivity index (χ0v) is 10.4. The number of piperazine rings is 1. The number of hydrogen-bond donors (Lipinski definition) is 0. The van der Waals surface area contributed by atoms with Gasteiger partial charge in [-0.15, -0.1) is 11.3 Å². The van der Waals surface area contributed by atoms with Gasteiger partial charge in [0.05, 0.1) is 0 Å². The molecular formula is C12H15N3OS. The van der Waals surface area contributed by atoms with Gasteiger partial charge in [0, 0.05) is 55.9 Å². The maximum Gasteiger partial charge on any atom is 0.185 e. The molecule has 0 aromatic carbocycles. The number of anilines is 1. The van der Waals surface area contributed by atoms with E-state index >= 15 is 0 Å². The van der Waals surface area contributed by atoms with E-state index in [1.54, 1.807) is 11.3 Å². The topological polar surface area (TPSA) is 36.4 Å². The minimum Gasteiger partial charge on any atom is -0.371 e. The molecule has 0 amide bonds. The number of allylic oxidation sites excluding steroid dienone is 2. The lowest BCUT2D eigenvalue weighted by atomic mass is 10.2. The third kappa shape index (κ3) is 2.20. The number of rotatable bonds is 2. The molecular weight excluding hydrogens is 234 g/mol. The molecule has 0 radical (unpaired) electrons. The van der Waals surface area contributed by atoms with Crippen LogP contribution in [0.3, 0.4) is 0 Å². The summed E-state index contributed by atoms with van der Waals surface area (Å²) in [5.41, 5.74) is 1.23. The number of aromatic nitrogens is 1. The van der Waals surface area contributed by atoms with Gasteiger partial charge in [0.15, 0.2) is 10.9 Å². The quantitative estimate of drug-likeness (QED) is 0.796. The second kappa shape index (κ2) is 4.49. The van der Waals surface area contributed by atoms with Crippen LogP contribution in [0.5, 0.6) is 0 Å². The van der Waals surface area contributed by atoms with Crippen LogP contribution in [0.15, 0.2) is 23.3 Å². The highest BCUT2D eigenvalue weighted by molar-refractivity contribution is 7.13. The highest BCUT2D eigenvalue weighted by Gasteiger charge is 2.23. The van der Waals surface area contributed by atoms with Crippen LogP contribution in [0.1, 0.15) is 12.8 Å². The maximum absolute atomic E-state index is 11.2. The fourth-order valence-electron chi connectivity index (χ4n) is 2.39. The Morgan fingerprint density at radius 2 is 1.88 bits per heavy atom. The first kappa shape index (κ1) is 10.8. The molecule has 0 N–H and O–H groups in total. The second-order valence-electron chi connectivity index (χ2n) is 4.39. The van der Waals surface area contributed by atoms with Crippen LogP contribution in [-0.2, 0) is 4.79 Å². The van der Waals surface area contributed by atoms with Crippen molar-refractivity contribution in [3.63, 3.8) is 0 Å². The van der Waals surface area contributed by atoms with E-state index in [2.05, 4.69) is 14.8 Å². The molecule has 90 valence electrons. The highest BCUT2D eigenvalue weighted by Crippen LogP contribution is 2.23. The van der Waals surface area contributed by atoms with Gasteiger partial charge >= 0.3 is 0 Å².